The normalized spacial score (nSPS) is 11.6. The molecule has 0 radical (unpaired) electrons. The van der Waals surface area contributed by atoms with Crippen LogP contribution in [0, 0.1) is 0 Å². The van der Waals surface area contributed by atoms with Crippen molar-refractivity contribution >= 4 is 35.2 Å². The number of unbranched alkanes of at least 4 members (excludes halogenated alkanes) is 1. The van der Waals surface area contributed by atoms with E-state index in [9.17, 15) is 9.59 Å². The van der Waals surface area contributed by atoms with E-state index in [1.54, 1.807) is 12.0 Å². The molecule has 7 heteroatoms. The lowest BCUT2D eigenvalue weighted by Gasteiger charge is -2.30. The molecule has 0 spiro atoms. The van der Waals surface area contributed by atoms with Gasteiger partial charge in [0.15, 0.2) is 0 Å². The maximum atomic E-state index is 13.3. The Morgan fingerprint density at radius 2 is 1.88 bits per heavy atom. The number of thioether (sulfide) groups is 1. The minimum atomic E-state index is -0.516. The summed E-state index contributed by atoms with van der Waals surface area (Å²) in [7, 11) is 1.62. The lowest BCUT2D eigenvalue weighted by molar-refractivity contribution is -0.139. The highest BCUT2D eigenvalue weighted by Crippen LogP contribution is 2.20. The third-order valence-electron chi connectivity index (χ3n) is 5.09. The van der Waals surface area contributed by atoms with Crippen LogP contribution < -0.4 is 10.1 Å². The molecule has 5 nitrogen and oxygen atoms in total. The molecule has 0 bridgehead atoms. The fourth-order valence-electron chi connectivity index (χ4n) is 3.36. The molecule has 0 saturated carbocycles. The molecule has 0 aromatic heterocycles. The molecule has 0 unspecified atom stereocenters. The predicted octanol–water partition coefficient (Wildman–Crippen LogP) is 5.31. The van der Waals surface area contributed by atoms with Crippen molar-refractivity contribution < 1.29 is 14.3 Å². The van der Waals surface area contributed by atoms with Crippen molar-refractivity contribution in [2.24, 2.45) is 0 Å². The minimum Gasteiger partial charge on any atom is -0.497 e. The first-order chi connectivity index (χ1) is 15.5. The molecule has 2 amide bonds. The SMILES string of the molecule is CCCCNC(=O)[C@H](CC)N(Cc1cccc(OC)c1)C(=O)CSCc1cccc(Cl)c1. The summed E-state index contributed by atoms with van der Waals surface area (Å²) in [4.78, 5) is 27.8. The summed E-state index contributed by atoms with van der Waals surface area (Å²) in [6, 6.07) is 14.7. The van der Waals surface area contributed by atoms with Crippen molar-refractivity contribution in [1.29, 1.82) is 0 Å². The first-order valence-corrected chi connectivity index (χ1v) is 12.5. The van der Waals surface area contributed by atoms with Crippen LogP contribution >= 0.6 is 23.4 Å². The Labute approximate surface area is 200 Å². The van der Waals surface area contributed by atoms with Crippen LogP contribution in [0.4, 0.5) is 0 Å². The number of carbonyl (C=O) groups is 2. The van der Waals surface area contributed by atoms with Gasteiger partial charge in [0.2, 0.25) is 11.8 Å². The van der Waals surface area contributed by atoms with E-state index in [4.69, 9.17) is 16.3 Å². The van der Waals surface area contributed by atoms with Crippen molar-refractivity contribution in [1.82, 2.24) is 10.2 Å². The molecule has 0 aliphatic heterocycles. The van der Waals surface area contributed by atoms with Gasteiger partial charge in [0.25, 0.3) is 0 Å². The molecule has 0 aliphatic carbocycles. The predicted molar refractivity (Wildman–Crippen MR) is 133 cm³/mol. The number of nitrogens with one attached hydrogen (secondary N) is 1. The van der Waals surface area contributed by atoms with Crippen LogP contribution in [0.3, 0.4) is 0 Å². The van der Waals surface area contributed by atoms with Gasteiger partial charge in [0.1, 0.15) is 11.8 Å². The summed E-state index contributed by atoms with van der Waals surface area (Å²) in [5.74, 6) is 1.54. The molecule has 0 heterocycles. The van der Waals surface area contributed by atoms with Crippen LogP contribution in [0.15, 0.2) is 48.5 Å². The van der Waals surface area contributed by atoms with E-state index in [2.05, 4.69) is 12.2 Å². The van der Waals surface area contributed by atoms with Gasteiger partial charge >= 0.3 is 0 Å². The Bertz CT molecular complexity index is 878. The maximum Gasteiger partial charge on any atom is 0.242 e. The number of ether oxygens (including phenoxy) is 1. The molecule has 1 atom stereocenters. The topological polar surface area (TPSA) is 58.6 Å². The molecule has 174 valence electrons. The van der Waals surface area contributed by atoms with E-state index in [1.165, 1.54) is 11.8 Å². The Morgan fingerprint density at radius 1 is 1.12 bits per heavy atom. The molecule has 1 N–H and O–H groups in total. The molecular formula is C25H33ClN2O3S. The number of methoxy groups -OCH3 is 1. The second-order valence-corrected chi connectivity index (χ2v) is 8.99. The lowest BCUT2D eigenvalue weighted by Crippen LogP contribution is -2.49. The van der Waals surface area contributed by atoms with E-state index in [-0.39, 0.29) is 17.6 Å². The molecule has 2 aromatic rings. The number of nitrogens with zero attached hydrogens (tertiary/aromatic N) is 1. The highest BCUT2D eigenvalue weighted by Gasteiger charge is 2.28. The standard InChI is InChI=1S/C25H33ClN2O3S/c1-4-6-13-27-25(30)23(5-2)28(16-19-9-8-12-22(15-19)31-3)24(29)18-32-17-20-10-7-11-21(26)14-20/h7-12,14-15,23H,4-6,13,16-18H2,1-3H3,(H,27,30)/t23-/m0/s1. The Hall–Kier alpha value is -2.18. The van der Waals surface area contributed by atoms with E-state index in [0.717, 1.165) is 29.7 Å². The Morgan fingerprint density at radius 3 is 2.56 bits per heavy atom. The number of halogens is 1. The van der Waals surface area contributed by atoms with Crippen LogP contribution in [0.2, 0.25) is 5.02 Å². The Balaban J connectivity index is 2.13. The van der Waals surface area contributed by atoms with Gasteiger partial charge in [-0.3, -0.25) is 9.59 Å². The van der Waals surface area contributed by atoms with Crippen molar-refractivity contribution in [3.05, 3.63) is 64.7 Å². The van der Waals surface area contributed by atoms with Crippen molar-refractivity contribution in [3.8, 4) is 5.75 Å². The summed E-state index contributed by atoms with van der Waals surface area (Å²) in [6.07, 6.45) is 2.47. The second kappa shape index (κ2) is 14.1. The van der Waals surface area contributed by atoms with Crippen molar-refractivity contribution in [2.45, 2.75) is 51.4 Å². The van der Waals surface area contributed by atoms with E-state index in [0.29, 0.717) is 30.3 Å². The van der Waals surface area contributed by atoms with Gasteiger partial charge in [-0.1, -0.05) is 56.1 Å². The summed E-state index contributed by atoms with van der Waals surface area (Å²) >= 11 is 7.58. The van der Waals surface area contributed by atoms with Gasteiger partial charge in [0, 0.05) is 23.9 Å². The van der Waals surface area contributed by atoms with Gasteiger partial charge < -0.3 is 15.0 Å². The summed E-state index contributed by atoms with van der Waals surface area (Å²) < 4.78 is 5.32. The maximum absolute atomic E-state index is 13.3. The number of carbonyl (C=O) groups excluding carboxylic acids is 2. The average molecular weight is 477 g/mol. The fourth-order valence-corrected chi connectivity index (χ4v) is 4.43. The van der Waals surface area contributed by atoms with E-state index < -0.39 is 6.04 Å². The highest BCUT2D eigenvalue weighted by molar-refractivity contribution is 7.99. The third kappa shape index (κ3) is 8.40. The monoisotopic (exact) mass is 476 g/mol. The highest BCUT2D eigenvalue weighted by atomic mass is 35.5. The molecular weight excluding hydrogens is 444 g/mol. The zero-order valence-corrected chi connectivity index (χ0v) is 20.7. The lowest BCUT2D eigenvalue weighted by atomic mass is 10.1. The first kappa shape index (κ1) is 26.1. The van der Waals surface area contributed by atoms with Crippen LogP contribution in [-0.4, -0.2) is 42.2 Å². The fraction of sp³-hybridized carbons (Fsp3) is 0.440. The van der Waals surface area contributed by atoms with Crippen molar-refractivity contribution in [2.75, 3.05) is 19.4 Å². The second-order valence-electron chi connectivity index (χ2n) is 7.56. The van der Waals surface area contributed by atoms with Gasteiger partial charge in [-0.2, -0.15) is 0 Å². The average Bonchev–Trinajstić information content (AvgIpc) is 2.79. The first-order valence-electron chi connectivity index (χ1n) is 11.0. The molecule has 0 saturated heterocycles. The number of amides is 2. The number of hydrogen-bond donors (Lipinski definition) is 1. The Kier molecular flexibility index (Phi) is 11.5. The van der Waals surface area contributed by atoms with Gasteiger partial charge in [-0.15, -0.1) is 11.8 Å². The van der Waals surface area contributed by atoms with Crippen LogP contribution in [0.25, 0.3) is 0 Å². The van der Waals surface area contributed by atoms with Gasteiger partial charge in [-0.25, -0.2) is 0 Å². The summed E-state index contributed by atoms with van der Waals surface area (Å²) in [5.41, 5.74) is 2.00. The molecule has 0 fully saturated rings. The van der Waals surface area contributed by atoms with Crippen LogP contribution in [0.1, 0.15) is 44.2 Å². The zero-order chi connectivity index (χ0) is 23.3. The largest absolute Gasteiger partial charge is 0.497 e. The zero-order valence-electron chi connectivity index (χ0n) is 19.1. The molecule has 2 rings (SSSR count). The number of rotatable bonds is 13. The summed E-state index contributed by atoms with van der Waals surface area (Å²) in [5, 5.41) is 3.67. The van der Waals surface area contributed by atoms with Gasteiger partial charge in [0.05, 0.1) is 12.9 Å². The molecule has 0 aliphatic rings. The van der Waals surface area contributed by atoms with E-state index in [1.807, 2.05) is 55.5 Å². The molecule has 32 heavy (non-hydrogen) atoms. The van der Waals surface area contributed by atoms with E-state index >= 15 is 0 Å². The minimum absolute atomic E-state index is 0.0580. The van der Waals surface area contributed by atoms with Crippen LogP contribution in [-0.2, 0) is 21.9 Å². The smallest absolute Gasteiger partial charge is 0.242 e. The number of benzene rings is 2. The van der Waals surface area contributed by atoms with Crippen molar-refractivity contribution in [3.63, 3.8) is 0 Å². The molecule has 2 aromatic carbocycles. The van der Waals surface area contributed by atoms with Crippen LogP contribution in [0.5, 0.6) is 5.75 Å². The quantitative estimate of drug-likeness (QED) is 0.398. The van der Waals surface area contributed by atoms with Gasteiger partial charge in [-0.05, 0) is 48.2 Å². The number of hydrogen-bond acceptors (Lipinski definition) is 4. The third-order valence-corrected chi connectivity index (χ3v) is 6.31. The summed E-state index contributed by atoms with van der Waals surface area (Å²) in [6.45, 7) is 5.00.